The molecule has 15 heavy (non-hydrogen) atoms. The molecule has 0 aromatic heterocycles. The first kappa shape index (κ1) is 14.0. The fraction of sp³-hybridized carbons (Fsp3) is 0.750. The predicted octanol–water partition coefficient (Wildman–Crippen LogP) is 2.50. The molecule has 0 spiro atoms. The van der Waals surface area contributed by atoms with Crippen LogP contribution in [0.3, 0.4) is 0 Å². The summed E-state index contributed by atoms with van der Waals surface area (Å²) in [4.78, 5) is 0. The van der Waals surface area contributed by atoms with Crippen molar-refractivity contribution >= 4 is 5.84 Å². The van der Waals surface area contributed by atoms with E-state index in [1.54, 1.807) is 0 Å². The van der Waals surface area contributed by atoms with Crippen molar-refractivity contribution in [1.82, 2.24) is 10.6 Å². The minimum atomic E-state index is 0.621. The molecular weight excluding hydrogens is 186 g/mol. The highest BCUT2D eigenvalue weighted by Gasteiger charge is 1.97. The Hall–Kier alpha value is -0.990. The van der Waals surface area contributed by atoms with Crippen molar-refractivity contribution in [2.45, 2.75) is 40.0 Å². The van der Waals surface area contributed by atoms with Crippen molar-refractivity contribution in [2.75, 3.05) is 13.1 Å². The molecule has 0 unspecified atom stereocenters. The number of allylic oxidation sites excluding steroid dienone is 1. The highest BCUT2D eigenvalue weighted by molar-refractivity contribution is 5.78. The topological polar surface area (TPSA) is 47.9 Å². The first-order valence-electron chi connectivity index (χ1n) is 5.79. The van der Waals surface area contributed by atoms with Crippen LogP contribution in [0.25, 0.3) is 0 Å². The third-order valence-electron chi connectivity index (χ3n) is 2.08. The van der Waals surface area contributed by atoms with Crippen LogP contribution in [0.15, 0.2) is 12.3 Å². The van der Waals surface area contributed by atoms with E-state index in [4.69, 9.17) is 5.41 Å². The van der Waals surface area contributed by atoms with Gasteiger partial charge in [-0.25, -0.2) is 0 Å². The largest absolute Gasteiger partial charge is 0.389 e. The summed E-state index contributed by atoms with van der Waals surface area (Å²) in [5, 5.41) is 13.8. The van der Waals surface area contributed by atoms with E-state index in [0.29, 0.717) is 11.8 Å². The van der Waals surface area contributed by atoms with Crippen molar-refractivity contribution in [2.24, 2.45) is 5.92 Å². The summed E-state index contributed by atoms with van der Waals surface area (Å²) in [7, 11) is 0. The van der Waals surface area contributed by atoms with Gasteiger partial charge in [0, 0.05) is 25.2 Å². The predicted molar refractivity (Wildman–Crippen MR) is 67.2 cm³/mol. The minimum absolute atomic E-state index is 0.621. The Morgan fingerprint density at radius 1 is 1.27 bits per heavy atom. The summed E-state index contributed by atoms with van der Waals surface area (Å²) in [6.45, 7) is 12.1. The summed E-state index contributed by atoms with van der Waals surface area (Å²) in [5.41, 5.74) is 1.12. The lowest BCUT2D eigenvalue weighted by Gasteiger charge is -2.12. The Balaban J connectivity index is 3.31. The van der Waals surface area contributed by atoms with Crippen LogP contribution in [0.1, 0.15) is 40.0 Å². The van der Waals surface area contributed by atoms with Crippen molar-refractivity contribution in [3.05, 3.63) is 12.3 Å². The maximum atomic E-state index is 7.40. The van der Waals surface area contributed by atoms with E-state index in [1.807, 2.05) is 6.92 Å². The number of nitrogens with one attached hydrogen (secondary N) is 3. The molecule has 0 bridgehead atoms. The highest BCUT2D eigenvalue weighted by Crippen LogP contribution is 2.04. The highest BCUT2D eigenvalue weighted by atomic mass is 14.9. The van der Waals surface area contributed by atoms with E-state index in [0.717, 1.165) is 38.0 Å². The molecule has 0 aliphatic carbocycles. The van der Waals surface area contributed by atoms with Crippen LogP contribution in [0.2, 0.25) is 0 Å². The Morgan fingerprint density at radius 2 is 1.87 bits per heavy atom. The average Bonchev–Trinajstić information content (AvgIpc) is 2.15. The fourth-order valence-electron chi connectivity index (χ4n) is 1.28. The van der Waals surface area contributed by atoms with Crippen LogP contribution in [-0.2, 0) is 0 Å². The Labute approximate surface area is 93.8 Å². The number of hydrogen-bond donors (Lipinski definition) is 3. The van der Waals surface area contributed by atoms with Crippen LogP contribution in [0.5, 0.6) is 0 Å². The van der Waals surface area contributed by atoms with Crippen molar-refractivity contribution in [3.8, 4) is 0 Å². The molecule has 0 aromatic carbocycles. The fourth-order valence-corrected chi connectivity index (χ4v) is 1.28. The van der Waals surface area contributed by atoms with Crippen LogP contribution >= 0.6 is 0 Å². The van der Waals surface area contributed by atoms with Gasteiger partial charge in [0.15, 0.2) is 0 Å². The van der Waals surface area contributed by atoms with Gasteiger partial charge in [-0.3, -0.25) is 5.41 Å². The van der Waals surface area contributed by atoms with E-state index >= 15 is 0 Å². The standard InChI is InChI=1S/C12H25N3/c1-5-12(13)15-8-6-7-14-11(4)9-10(2)3/h10,14H,4-9H2,1-3H3,(H2,13,15). The molecule has 0 aliphatic heterocycles. The lowest BCUT2D eigenvalue weighted by molar-refractivity contribution is 0.593. The second-order valence-corrected chi connectivity index (χ2v) is 4.24. The van der Waals surface area contributed by atoms with E-state index < -0.39 is 0 Å². The molecule has 88 valence electrons. The number of rotatable bonds is 8. The van der Waals surface area contributed by atoms with Gasteiger partial charge < -0.3 is 10.6 Å². The van der Waals surface area contributed by atoms with Crippen LogP contribution in [0.4, 0.5) is 0 Å². The molecule has 0 rings (SSSR count). The van der Waals surface area contributed by atoms with Gasteiger partial charge in [-0.15, -0.1) is 0 Å². The minimum Gasteiger partial charge on any atom is -0.389 e. The molecule has 3 nitrogen and oxygen atoms in total. The van der Waals surface area contributed by atoms with Gasteiger partial charge in [-0.05, 0) is 18.8 Å². The van der Waals surface area contributed by atoms with Crippen molar-refractivity contribution in [3.63, 3.8) is 0 Å². The molecule has 0 fully saturated rings. The summed E-state index contributed by atoms with van der Waals surface area (Å²) in [5.74, 6) is 1.28. The van der Waals surface area contributed by atoms with Gasteiger partial charge in [0.2, 0.25) is 0 Å². The molecular formula is C12H25N3. The Bertz CT molecular complexity index is 197. The molecule has 0 aliphatic rings. The van der Waals surface area contributed by atoms with Crippen molar-refractivity contribution < 1.29 is 0 Å². The smallest absolute Gasteiger partial charge is 0.0928 e. The maximum Gasteiger partial charge on any atom is 0.0928 e. The number of amidine groups is 1. The van der Waals surface area contributed by atoms with E-state index in [-0.39, 0.29) is 0 Å². The number of hydrogen-bond acceptors (Lipinski definition) is 2. The molecule has 0 aromatic rings. The van der Waals surface area contributed by atoms with Gasteiger partial charge in [-0.1, -0.05) is 27.4 Å². The molecule has 0 saturated heterocycles. The Kier molecular flexibility index (Phi) is 7.78. The van der Waals surface area contributed by atoms with E-state index in [9.17, 15) is 0 Å². The van der Waals surface area contributed by atoms with Crippen LogP contribution in [0, 0.1) is 11.3 Å². The van der Waals surface area contributed by atoms with Crippen molar-refractivity contribution in [1.29, 1.82) is 5.41 Å². The van der Waals surface area contributed by atoms with Crippen LogP contribution < -0.4 is 10.6 Å². The summed E-state index contributed by atoms with van der Waals surface area (Å²) < 4.78 is 0. The molecule has 3 heteroatoms. The maximum absolute atomic E-state index is 7.40. The van der Waals surface area contributed by atoms with Gasteiger partial charge in [0.25, 0.3) is 0 Å². The normalized spacial score (nSPS) is 10.1. The first-order chi connectivity index (χ1) is 7.06. The average molecular weight is 211 g/mol. The van der Waals surface area contributed by atoms with Gasteiger partial charge in [-0.2, -0.15) is 0 Å². The SMILES string of the molecule is C=C(CC(C)C)NCCCNC(=N)CC. The monoisotopic (exact) mass is 211 g/mol. The van der Waals surface area contributed by atoms with Gasteiger partial charge >= 0.3 is 0 Å². The summed E-state index contributed by atoms with van der Waals surface area (Å²) in [6.07, 6.45) is 2.85. The molecule has 3 N–H and O–H groups in total. The van der Waals surface area contributed by atoms with Gasteiger partial charge in [0.1, 0.15) is 0 Å². The lowest BCUT2D eigenvalue weighted by atomic mass is 10.1. The quantitative estimate of drug-likeness (QED) is 0.328. The third-order valence-corrected chi connectivity index (χ3v) is 2.08. The summed E-state index contributed by atoms with van der Waals surface area (Å²) in [6, 6.07) is 0. The third kappa shape index (κ3) is 9.32. The van der Waals surface area contributed by atoms with Gasteiger partial charge in [0.05, 0.1) is 5.84 Å². The zero-order valence-corrected chi connectivity index (χ0v) is 10.3. The van der Waals surface area contributed by atoms with Crippen LogP contribution in [-0.4, -0.2) is 18.9 Å². The molecule has 0 atom stereocenters. The Morgan fingerprint density at radius 3 is 2.40 bits per heavy atom. The zero-order valence-electron chi connectivity index (χ0n) is 10.3. The zero-order chi connectivity index (χ0) is 11.7. The molecule has 0 amide bonds. The van der Waals surface area contributed by atoms with E-state index in [1.165, 1.54) is 0 Å². The molecule has 0 heterocycles. The first-order valence-corrected chi connectivity index (χ1v) is 5.79. The molecule has 0 radical (unpaired) electrons. The summed E-state index contributed by atoms with van der Waals surface area (Å²) >= 11 is 0. The second-order valence-electron chi connectivity index (χ2n) is 4.24. The van der Waals surface area contributed by atoms with E-state index in [2.05, 4.69) is 31.1 Å². The lowest BCUT2D eigenvalue weighted by Crippen LogP contribution is -2.26. The molecule has 0 saturated carbocycles. The second kappa shape index (κ2) is 8.33.